The molecule has 2 saturated carbocycles. The number of halogens is 4. The van der Waals surface area contributed by atoms with Crippen LogP contribution in [-0.4, -0.2) is 35.5 Å². The fourth-order valence-corrected chi connectivity index (χ4v) is 5.74. The average molecular weight is 439 g/mol. The maximum Gasteiger partial charge on any atom is 0.471 e. The zero-order chi connectivity index (χ0) is 21.5. The van der Waals surface area contributed by atoms with Crippen molar-refractivity contribution in [1.82, 2.24) is 4.90 Å². The Labute approximate surface area is 175 Å². The fraction of sp³-hybridized carbons (Fsp3) is 0.476. The number of imide groups is 1. The molecule has 9 heteroatoms. The van der Waals surface area contributed by atoms with Crippen molar-refractivity contribution in [2.45, 2.75) is 19.5 Å². The third-order valence-electron chi connectivity index (χ3n) is 6.99. The largest absolute Gasteiger partial charge is 0.471 e. The van der Waals surface area contributed by atoms with Crippen molar-refractivity contribution in [3.8, 4) is 0 Å². The van der Waals surface area contributed by atoms with Crippen molar-refractivity contribution in [2.75, 3.05) is 11.6 Å². The molecule has 2 bridgehead atoms. The molecule has 6 rings (SSSR count). The van der Waals surface area contributed by atoms with Crippen molar-refractivity contribution in [3.63, 3.8) is 0 Å². The highest BCUT2D eigenvalue weighted by Crippen LogP contribution is 2.65. The molecule has 3 fully saturated rings. The molecule has 1 aromatic carbocycles. The molecule has 3 amide bonds. The molecule has 30 heavy (non-hydrogen) atoms. The van der Waals surface area contributed by atoms with Gasteiger partial charge in [0.2, 0.25) is 11.8 Å². The van der Waals surface area contributed by atoms with E-state index in [4.69, 9.17) is 11.6 Å². The highest BCUT2D eigenvalue weighted by Gasteiger charge is 2.67. The Morgan fingerprint density at radius 2 is 1.70 bits per heavy atom. The fourth-order valence-electron chi connectivity index (χ4n) is 5.58. The van der Waals surface area contributed by atoms with Crippen LogP contribution < -0.4 is 4.90 Å². The molecule has 6 atom stereocenters. The summed E-state index contributed by atoms with van der Waals surface area (Å²) in [6.07, 6.45) is -0.227. The zero-order valence-electron chi connectivity index (χ0n) is 15.9. The lowest BCUT2D eigenvalue weighted by Gasteiger charge is -2.37. The molecule has 0 N–H and O–H groups in total. The van der Waals surface area contributed by atoms with Crippen LogP contribution in [0.4, 0.5) is 18.9 Å². The van der Waals surface area contributed by atoms with Gasteiger partial charge in [-0.05, 0) is 54.7 Å². The number of hydrogen-bond acceptors (Lipinski definition) is 3. The zero-order valence-corrected chi connectivity index (χ0v) is 16.7. The number of alkyl halides is 3. The third-order valence-corrected chi connectivity index (χ3v) is 7.22. The summed E-state index contributed by atoms with van der Waals surface area (Å²) in [6.45, 7) is 0.756. The summed E-state index contributed by atoms with van der Waals surface area (Å²) in [4.78, 5) is 39.7. The maximum absolute atomic E-state index is 13.3. The van der Waals surface area contributed by atoms with Gasteiger partial charge in [0.05, 0.1) is 17.5 Å². The molecular weight excluding hydrogens is 421 g/mol. The first-order valence-corrected chi connectivity index (χ1v) is 10.2. The van der Waals surface area contributed by atoms with Gasteiger partial charge in [-0.2, -0.15) is 13.2 Å². The van der Waals surface area contributed by atoms with Gasteiger partial charge in [-0.15, -0.1) is 0 Å². The molecule has 1 aliphatic heterocycles. The SMILES string of the molecule is Cc1ccc(Cl)cc1N(CN1C(=O)C2C3C=CC(C4CC34)C2C1=O)C(=O)C(F)(F)F. The lowest BCUT2D eigenvalue weighted by Crippen LogP contribution is -2.49. The molecule has 4 aliphatic carbocycles. The molecule has 5 nitrogen and oxygen atoms in total. The number of amides is 3. The minimum absolute atomic E-state index is 0.0499. The van der Waals surface area contributed by atoms with Gasteiger partial charge in [-0.1, -0.05) is 29.8 Å². The normalized spacial score (nSPS) is 33.6. The van der Waals surface area contributed by atoms with Crippen LogP contribution in [0.25, 0.3) is 0 Å². The molecular formula is C21H18ClF3N2O3. The van der Waals surface area contributed by atoms with Crippen LogP contribution in [0.1, 0.15) is 12.0 Å². The van der Waals surface area contributed by atoms with E-state index < -0.39 is 42.4 Å². The van der Waals surface area contributed by atoms with Gasteiger partial charge < -0.3 is 0 Å². The minimum Gasteiger partial charge on any atom is -0.285 e. The van der Waals surface area contributed by atoms with Crippen molar-refractivity contribution in [3.05, 3.63) is 40.9 Å². The molecule has 1 saturated heterocycles. The number of anilines is 1. The standard InChI is InChI=1S/C21H18ClF3N2O3/c1-9-2-3-10(22)6-15(9)26(20(30)21(23,24)25)8-27-18(28)16-11-4-5-12(14-7-13(11)14)17(16)19(27)29/h2-6,11-14,16-17H,7-8H2,1H3. The summed E-state index contributed by atoms with van der Waals surface area (Å²) in [7, 11) is 0. The van der Waals surface area contributed by atoms with Gasteiger partial charge >= 0.3 is 12.1 Å². The van der Waals surface area contributed by atoms with E-state index in [0.717, 1.165) is 11.3 Å². The Morgan fingerprint density at radius 3 is 2.23 bits per heavy atom. The summed E-state index contributed by atoms with van der Waals surface area (Å²) < 4.78 is 40.0. The topological polar surface area (TPSA) is 57.7 Å². The second-order valence-corrected chi connectivity index (χ2v) is 9.00. The molecule has 1 aromatic rings. The van der Waals surface area contributed by atoms with Crippen molar-refractivity contribution in [2.24, 2.45) is 35.5 Å². The van der Waals surface area contributed by atoms with Crippen LogP contribution in [0.15, 0.2) is 30.4 Å². The van der Waals surface area contributed by atoms with E-state index in [-0.39, 0.29) is 22.5 Å². The van der Waals surface area contributed by atoms with E-state index in [1.165, 1.54) is 25.1 Å². The van der Waals surface area contributed by atoms with Crippen LogP contribution in [0.5, 0.6) is 0 Å². The van der Waals surface area contributed by atoms with Crippen molar-refractivity contribution < 1.29 is 27.6 Å². The Kier molecular flexibility index (Phi) is 4.13. The molecule has 158 valence electrons. The second-order valence-electron chi connectivity index (χ2n) is 8.56. The van der Waals surface area contributed by atoms with Gasteiger partial charge in [0, 0.05) is 5.02 Å². The predicted octanol–water partition coefficient (Wildman–Crippen LogP) is 3.55. The highest BCUT2D eigenvalue weighted by molar-refractivity contribution is 6.31. The Hall–Kier alpha value is -2.35. The van der Waals surface area contributed by atoms with E-state index in [9.17, 15) is 27.6 Å². The first-order valence-electron chi connectivity index (χ1n) is 9.78. The lowest BCUT2D eigenvalue weighted by atomic mass is 9.63. The highest BCUT2D eigenvalue weighted by atomic mass is 35.5. The summed E-state index contributed by atoms with van der Waals surface area (Å²) in [5, 5.41) is 0.144. The number of carbonyl (C=O) groups is 3. The number of hydrogen-bond donors (Lipinski definition) is 0. The Morgan fingerprint density at radius 1 is 1.13 bits per heavy atom. The molecule has 1 heterocycles. The van der Waals surface area contributed by atoms with Gasteiger partial charge in [-0.25, -0.2) is 0 Å². The van der Waals surface area contributed by atoms with Crippen molar-refractivity contribution >= 4 is 35.0 Å². The van der Waals surface area contributed by atoms with Gasteiger partial charge in [0.25, 0.3) is 0 Å². The van der Waals surface area contributed by atoms with Crippen LogP contribution in [-0.2, 0) is 14.4 Å². The molecule has 5 aliphatic rings. The van der Waals surface area contributed by atoms with Gasteiger partial charge in [-0.3, -0.25) is 24.2 Å². The Bertz CT molecular complexity index is 972. The van der Waals surface area contributed by atoms with E-state index in [1.807, 2.05) is 12.2 Å². The number of carbonyl (C=O) groups excluding carboxylic acids is 3. The average Bonchev–Trinajstić information content (AvgIpc) is 3.47. The third kappa shape index (κ3) is 2.72. The molecule has 0 radical (unpaired) electrons. The predicted molar refractivity (Wildman–Crippen MR) is 101 cm³/mol. The number of aryl methyl sites for hydroxylation is 1. The van der Waals surface area contributed by atoms with E-state index in [0.29, 0.717) is 22.3 Å². The number of rotatable bonds is 3. The monoisotopic (exact) mass is 438 g/mol. The lowest BCUT2D eigenvalue weighted by molar-refractivity contribution is -0.171. The van der Waals surface area contributed by atoms with Crippen molar-refractivity contribution in [1.29, 1.82) is 0 Å². The quantitative estimate of drug-likeness (QED) is 0.535. The van der Waals surface area contributed by atoms with Gasteiger partial charge in [0.1, 0.15) is 6.67 Å². The first kappa shape index (κ1) is 19.6. The number of nitrogens with zero attached hydrogens (tertiary/aromatic N) is 2. The summed E-state index contributed by atoms with van der Waals surface area (Å²) in [5.74, 6) is -3.56. The minimum atomic E-state index is -5.17. The van der Waals surface area contributed by atoms with E-state index in [1.54, 1.807) is 0 Å². The second kappa shape index (κ2) is 6.33. The molecule has 0 spiro atoms. The van der Waals surface area contributed by atoms with Crippen LogP contribution in [0.2, 0.25) is 5.02 Å². The number of likely N-dealkylation sites (tertiary alicyclic amines) is 1. The van der Waals surface area contributed by atoms with E-state index in [2.05, 4.69) is 0 Å². The van der Waals surface area contributed by atoms with Crippen LogP contribution in [0.3, 0.4) is 0 Å². The number of allylic oxidation sites excluding steroid dienone is 2. The molecule has 6 unspecified atom stereocenters. The van der Waals surface area contributed by atoms with E-state index >= 15 is 0 Å². The maximum atomic E-state index is 13.3. The summed E-state index contributed by atoms with van der Waals surface area (Å²) in [5.41, 5.74) is 0.292. The van der Waals surface area contributed by atoms with Gasteiger partial charge in [0.15, 0.2) is 0 Å². The summed E-state index contributed by atoms with van der Waals surface area (Å²) >= 11 is 5.95. The molecule has 0 aromatic heterocycles. The van der Waals surface area contributed by atoms with Crippen LogP contribution in [0, 0.1) is 42.4 Å². The summed E-state index contributed by atoms with van der Waals surface area (Å²) in [6, 6.07) is 4.21. The Balaban J connectivity index is 1.50. The first-order chi connectivity index (χ1) is 14.1. The smallest absolute Gasteiger partial charge is 0.285 e. The number of benzene rings is 1. The van der Waals surface area contributed by atoms with Crippen LogP contribution >= 0.6 is 11.6 Å².